The van der Waals surface area contributed by atoms with Crippen molar-refractivity contribution in [3.8, 4) is 0 Å². The van der Waals surface area contributed by atoms with Crippen LogP contribution >= 0.6 is 12.6 Å². The molecule has 0 N–H and O–H groups in total. The fraction of sp³-hybridized carbons (Fsp3) is 1.00. The average molecular weight is 217 g/mol. The molecule has 0 aromatic heterocycles. The molecule has 1 rings (SSSR count). The lowest BCUT2D eigenvalue weighted by molar-refractivity contribution is 0.151. The van der Waals surface area contributed by atoms with Gasteiger partial charge in [-0.15, -0.1) is 0 Å². The summed E-state index contributed by atoms with van der Waals surface area (Å²) in [6.07, 6.45) is 2.55. The molecule has 0 aromatic rings. The van der Waals surface area contributed by atoms with Crippen molar-refractivity contribution in [2.45, 2.75) is 19.8 Å². The Morgan fingerprint density at radius 3 is 2.93 bits per heavy atom. The third kappa shape index (κ3) is 3.79. The maximum absolute atomic E-state index is 5.19. The van der Waals surface area contributed by atoms with Crippen molar-refractivity contribution in [2.75, 3.05) is 39.1 Å². The van der Waals surface area contributed by atoms with Gasteiger partial charge < -0.3 is 9.64 Å². The lowest BCUT2D eigenvalue weighted by Crippen LogP contribution is -2.28. The third-order valence-corrected chi connectivity index (χ3v) is 3.64. The Balaban J connectivity index is 2.21. The predicted octanol–water partition coefficient (Wildman–Crippen LogP) is 1.91. The molecule has 1 saturated heterocycles. The SMILES string of the molecule is CCC(CS)CN1CCC(COC)C1. The number of ether oxygens (including phenoxy) is 1. The minimum Gasteiger partial charge on any atom is -0.384 e. The van der Waals surface area contributed by atoms with E-state index in [1.807, 2.05) is 0 Å². The van der Waals surface area contributed by atoms with Gasteiger partial charge in [0.05, 0.1) is 6.61 Å². The van der Waals surface area contributed by atoms with Crippen molar-refractivity contribution < 1.29 is 4.74 Å². The summed E-state index contributed by atoms with van der Waals surface area (Å²) in [5.74, 6) is 2.54. The van der Waals surface area contributed by atoms with Crippen LogP contribution in [0.5, 0.6) is 0 Å². The Labute approximate surface area is 93.4 Å². The largest absolute Gasteiger partial charge is 0.384 e. The predicted molar refractivity (Wildman–Crippen MR) is 64.1 cm³/mol. The van der Waals surface area contributed by atoms with Crippen LogP contribution in [-0.2, 0) is 4.74 Å². The average Bonchev–Trinajstić information content (AvgIpc) is 2.63. The fourth-order valence-corrected chi connectivity index (χ4v) is 2.51. The van der Waals surface area contributed by atoms with Crippen molar-refractivity contribution in [1.82, 2.24) is 4.90 Å². The third-order valence-electron chi connectivity index (χ3n) is 3.12. The molecule has 1 aliphatic heterocycles. The van der Waals surface area contributed by atoms with Gasteiger partial charge in [-0.1, -0.05) is 13.3 Å². The molecule has 0 bridgehead atoms. The Morgan fingerprint density at radius 1 is 1.57 bits per heavy atom. The second-order valence-electron chi connectivity index (χ2n) is 4.33. The van der Waals surface area contributed by atoms with Gasteiger partial charge >= 0.3 is 0 Å². The van der Waals surface area contributed by atoms with Crippen LogP contribution in [0, 0.1) is 11.8 Å². The molecule has 2 unspecified atom stereocenters. The summed E-state index contributed by atoms with van der Waals surface area (Å²) >= 11 is 4.38. The molecule has 0 aromatic carbocycles. The first-order valence-corrected chi connectivity index (χ1v) is 6.25. The number of rotatable bonds is 6. The second kappa shape index (κ2) is 6.70. The van der Waals surface area contributed by atoms with Gasteiger partial charge in [0.1, 0.15) is 0 Å². The molecule has 14 heavy (non-hydrogen) atoms. The zero-order valence-corrected chi connectivity index (χ0v) is 10.3. The van der Waals surface area contributed by atoms with E-state index in [1.165, 1.54) is 32.5 Å². The van der Waals surface area contributed by atoms with Crippen molar-refractivity contribution in [1.29, 1.82) is 0 Å². The summed E-state index contributed by atoms with van der Waals surface area (Å²) in [6, 6.07) is 0. The van der Waals surface area contributed by atoms with E-state index in [0.29, 0.717) is 0 Å². The Morgan fingerprint density at radius 2 is 2.36 bits per heavy atom. The molecule has 2 atom stereocenters. The highest BCUT2D eigenvalue weighted by atomic mass is 32.1. The molecule has 2 nitrogen and oxygen atoms in total. The molecule has 0 aliphatic carbocycles. The maximum Gasteiger partial charge on any atom is 0.0503 e. The van der Waals surface area contributed by atoms with Crippen molar-refractivity contribution in [3.63, 3.8) is 0 Å². The first-order valence-electron chi connectivity index (χ1n) is 5.62. The number of hydrogen-bond acceptors (Lipinski definition) is 3. The van der Waals surface area contributed by atoms with Crippen LogP contribution in [0.15, 0.2) is 0 Å². The van der Waals surface area contributed by atoms with Crippen LogP contribution in [-0.4, -0.2) is 44.0 Å². The van der Waals surface area contributed by atoms with Crippen LogP contribution < -0.4 is 0 Å². The van der Waals surface area contributed by atoms with Gasteiger partial charge in [-0.25, -0.2) is 0 Å². The van der Waals surface area contributed by atoms with Gasteiger partial charge in [0.25, 0.3) is 0 Å². The second-order valence-corrected chi connectivity index (χ2v) is 4.69. The molecule has 84 valence electrons. The van der Waals surface area contributed by atoms with Crippen molar-refractivity contribution in [3.05, 3.63) is 0 Å². The smallest absolute Gasteiger partial charge is 0.0503 e. The highest BCUT2D eigenvalue weighted by Gasteiger charge is 2.23. The Hall–Kier alpha value is 0.270. The van der Waals surface area contributed by atoms with Crippen LogP contribution in [0.1, 0.15) is 19.8 Å². The summed E-state index contributed by atoms with van der Waals surface area (Å²) < 4.78 is 5.19. The molecular weight excluding hydrogens is 194 g/mol. The number of thiol groups is 1. The number of methoxy groups -OCH3 is 1. The standard InChI is InChI=1S/C11H23NOS/c1-3-10(9-14)6-12-5-4-11(7-12)8-13-2/h10-11,14H,3-9H2,1-2H3. The van der Waals surface area contributed by atoms with Crippen LogP contribution in [0.25, 0.3) is 0 Å². The Kier molecular flexibility index (Phi) is 5.90. The first kappa shape index (κ1) is 12.3. The maximum atomic E-state index is 5.19. The molecule has 3 heteroatoms. The van der Waals surface area contributed by atoms with Crippen LogP contribution in [0.2, 0.25) is 0 Å². The monoisotopic (exact) mass is 217 g/mol. The molecule has 0 radical (unpaired) electrons. The van der Waals surface area contributed by atoms with E-state index in [1.54, 1.807) is 7.11 Å². The molecular formula is C11H23NOS. The van der Waals surface area contributed by atoms with Crippen LogP contribution in [0.3, 0.4) is 0 Å². The summed E-state index contributed by atoms with van der Waals surface area (Å²) in [7, 11) is 1.80. The fourth-order valence-electron chi connectivity index (χ4n) is 2.13. The number of nitrogens with zero attached hydrogens (tertiary/aromatic N) is 1. The van der Waals surface area contributed by atoms with E-state index in [4.69, 9.17) is 4.74 Å². The highest BCUT2D eigenvalue weighted by molar-refractivity contribution is 7.80. The van der Waals surface area contributed by atoms with E-state index < -0.39 is 0 Å². The van der Waals surface area contributed by atoms with Gasteiger partial charge in [0.2, 0.25) is 0 Å². The van der Waals surface area contributed by atoms with Crippen molar-refractivity contribution >= 4 is 12.6 Å². The topological polar surface area (TPSA) is 12.5 Å². The minimum atomic E-state index is 0.762. The summed E-state index contributed by atoms with van der Waals surface area (Å²) in [5.41, 5.74) is 0. The van der Waals surface area contributed by atoms with E-state index in [-0.39, 0.29) is 0 Å². The van der Waals surface area contributed by atoms with Gasteiger partial charge in [0, 0.05) is 20.2 Å². The zero-order valence-electron chi connectivity index (χ0n) is 9.41. The Bertz CT molecular complexity index is 150. The zero-order chi connectivity index (χ0) is 10.4. The molecule has 0 amide bonds. The first-order chi connectivity index (χ1) is 6.80. The number of hydrogen-bond donors (Lipinski definition) is 1. The molecule has 0 spiro atoms. The molecule has 1 heterocycles. The van der Waals surface area contributed by atoms with Gasteiger partial charge in [-0.3, -0.25) is 0 Å². The molecule has 0 saturated carbocycles. The van der Waals surface area contributed by atoms with Gasteiger partial charge in [-0.2, -0.15) is 12.6 Å². The van der Waals surface area contributed by atoms with Gasteiger partial charge in [-0.05, 0) is 30.6 Å². The highest BCUT2D eigenvalue weighted by Crippen LogP contribution is 2.18. The summed E-state index contributed by atoms with van der Waals surface area (Å²) in [6.45, 7) is 6.87. The quantitative estimate of drug-likeness (QED) is 0.682. The lowest BCUT2D eigenvalue weighted by Gasteiger charge is -2.21. The van der Waals surface area contributed by atoms with E-state index >= 15 is 0 Å². The normalized spacial score (nSPS) is 25.5. The van der Waals surface area contributed by atoms with E-state index in [0.717, 1.165) is 24.2 Å². The van der Waals surface area contributed by atoms with E-state index in [2.05, 4.69) is 24.5 Å². The van der Waals surface area contributed by atoms with Gasteiger partial charge in [0.15, 0.2) is 0 Å². The van der Waals surface area contributed by atoms with Crippen LogP contribution in [0.4, 0.5) is 0 Å². The lowest BCUT2D eigenvalue weighted by atomic mass is 10.1. The van der Waals surface area contributed by atoms with E-state index in [9.17, 15) is 0 Å². The molecule has 1 aliphatic rings. The van der Waals surface area contributed by atoms with Crippen molar-refractivity contribution in [2.24, 2.45) is 11.8 Å². The minimum absolute atomic E-state index is 0.762. The molecule has 1 fully saturated rings. The number of likely N-dealkylation sites (tertiary alicyclic amines) is 1. The summed E-state index contributed by atoms with van der Waals surface area (Å²) in [5, 5.41) is 0. The summed E-state index contributed by atoms with van der Waals surface area (Å²) in [4.78, 5) is 2.56.